The molecule has 0 aromatic heterocycles. The number of piperazine rings is 1. The lowest BCUT2D eigenvalue weighted by atomic mass is 9.98. The highest BCUT2D eigenvalue weighted by molar-refractivity contribution is 5.21. The summed E-state index contributed by atoms with van der Waals surface area (Å²) in [5, 5.41) is 3.79. The van der Waals surface area contributed by atoms with Gasteiger partial charge < -0.3 is 5.32 Å². The van der Waals surface area contributed by atoms with Crippen LogP contribution >= 0.6 is 0 Å². The monoisotopic (exact) mass is 286 g/mol. The summed E-state index contributed by atoms with van der Waals surface area (Å²) in [6.07, 6.45) is 6.76. The molecule has 1 heterocycles. The molecule has 1 N–H and O–H groups in total. The van der Waals surface area contributed by atoms with Crippen molar-refractivity contribution in [3.05, 3.63) is 35.9 Å². The minimum atomic E-state index is 0.575. The molecular weight excluding hydrogens is 256 g/mol. The Morgan fingerprint density at radius 3 is 2.57 bits per heavy atom. The van der Waals surface area contributed by atoms with Crippen LogP contribution in [0.1, 0.15) is 57.6 Å². The molecule has 0 spiro atoms. The zero-order valence-electron chi connectivity index (χ0n) is 13.6. The fraction of sp³-hybridized carbons (Fsp3) is 0.684. The van der Waals surface area contributed by atoms with Crippen LogP contribution in [0.25, 0.3) is 0 Å². The molecule has 4 unspecified atom stereocenters. The third-order valence-electron chi connectivity index (χ3n) is 5.22. The quantitative estimate of drug-likeness (QED) is 0.850. The third-order valence-corrected chi connectivity index (χ3v) is 5.22. The van der Waals surface area contributed by atoms with Crippen LogP contribution in [0.4, 0.5) is 0 Å². The summed E-state index contributed by atoms with van der Waals surface area (Å²) >= 11 is 0. The van der Waals surface area contributed by atoms with Crippen LogP contribution in [-0.4, -0.2) is 30.1 Å². The second-order valence-corrected chi connectivity index (χ2v) is 6.87. The van der Waals surface area contributed by atoms with E-state index in [-0.39, 0.29) is 0 Å². The Labute approximate surface area is 129 Å². The lowest BCUT2D eigenvalue weighted by molar-refractivity contribution is 0.111. The SMILES string of the molecule is CCCC1CN(C2CC2CCC)C(c2ccccc2)CN1. The van der Waals surface area contributed by atoms with Crippen molar-refractivity contribution < 1.29 is 0 Å². The van der Waals surface area contributed by atoms with Crippen molar-refractivity contribution in [1.29, 1.82) is 0 Å². The van der Waals surface area contributed by atoms with Crippen LogP contribution in [0.2, 0.25) is 0 Å². The molecule has 4 atom stereocenters. The first kappa shape index (κ1) is 15.1. The molecular formula is C19H30N2. The minimum absolute atomic E-state index is 0.575. The third kappa shape index (κ3) is 3.49. The zero-order chi connectivity index (χ0) is 14.7. The second-order valence-electron chi connectivity index (χ2n) is 6.87. The Balaban J connectivity index is 1.72. The average Bonchev–Trinajstić information content (AvgIpc) is 3.28. The number of benzene rings is 1. The maximum atomic E-state index is 3.79. The lowest BCUT2D eigenvalue weighted by Gasteiger charge is -2.41. The predicted molar refractivity (Wildman–Crippen MR) is 89.4 cm³/mol. The second kappa shape index (κ2) is 6.93. The van der Waals surface area contributed by atoms with Gasteiger partial charge in [0.05, 0.1) is 0 Å². The zero-order valence-corrected chi connectivity index (χ0v) is 13.6. The van der Waals surface area contributed by atoms with Gasteiger partial charge in [-0.2, -0.15) is 0 Å². The van der Waals surface area contributed by atoms with E-state index < -0.39 is 0 Å². The normalized spacial score (nSPS) is 33.0. The summed E-state index contributed by atoms with van der Waals surface area (Å²) in [6, 6.07) is 13.2. The van der Waals surface area contributed by atoms with Crippen molar-refractivity contribution in [3.63, 3.8) is 0 Å². The van der Waals surface area contributed by atoms with Gasteiger partial charge in [-0.3, -0.25) is 4.90 Å². The highest BCUT2D eigenvalue weighted by atomic mass is 15.3. The number of rotatable bonds is 6. The van der Waals surface area contributed by atoms with Gasteiger partial charge in [0, 0.05) is 31.2 Å². The van der Waals surface area contributed by atoms with Gasteiger partial charge in [-0.15, -0.1) is 0 Å². The van der Waals surface area contributed by atoms with Crippen molar-refractivity contribution >= 4 is 0 Å². The van der Waals surface area contributed by atoms with E-state index in [0.29, 0.717) is 12.1 Å². The van der Waals surface area contributed by atoms with E-state index in [2.05, 4.69) is 54.4 Å². The molecule has 1 saturated carbocycles. The molecule has 2 nitrogen and oxygen atoms in total. The molecule has 1 saturated heterocycles. The molecule has 1 aromatic carbocycles. The first-order valence-corrected chi connectivity index (χ1v) is 8.87. The van der Waals surface area contributed by atoms with Crippen LogP contribution < -0.4 is 5.32 Å². The van der Waals surface area contributed by atoms with E-state index in [1.165, 1.54) is 44.2 Å². The van der Waals surface area contributed by atoms with E-state index >= 15 is 0 Å². The van der Waals surface area contributed by atoms with Gasteiger partial charge in [0.1, 0.15) is 0 Å². The molecule has 116 valence electrons. The van der Waals surface area contributed by atoms with Gasteiger partial charge in [-0.25, -0.2) is 0 Å². The van der Waals surface area contributed by atoms with E-state index in [1.54, 1.807) is 0 Å². The summed E-state index contributed by atoms with van der Waals surface area (Å²) in [5.74, 6) is 0.960. The summed E-state index contributed by atoms with van der Waals surface area (Å²) in [6.45, 7) is 6.97. The van der Waals surface area contributed by atoms with Gasteiger partial charge in [-0.05, 0) is 30.7 Å². The van der Waals surface area contributed by atoms with Crippen LogP contribution in [0, 0.1) is 5.92 Å². The fourth-order valence-electron chi connectivity index (χ4n) is 4.05. The van der Waals surface area contributed by atoms with Crippen LogP contribution in [0.5, 0.6) is 0 Å². The smallest absolute Gasteiger partial charge is 0.0476 e. The minimum Gasteiger partial charge on any atom is -0.311 e. The summed E-state index contributed by atoms with van der Waals surface area (Å²) in [7, 11) is 0. The van der Waals surface area contributed by atoms with Gasteiger partial charge in [-0.1, -0.05) is 57.0 Å². The van der Waals surface area contributed by atoms with E-state index in [4.69, 9.17) is 0 Å². The van der Waals surface area contributed by atoms with Crippen LogP contribution in [-0.2, 0) is 0 Å². The summed E-state index contributed by atoms with van der Waals surface area (Å²) < 4.78 is 0. The van der Waals surface area contributed by atoms with Crippen molar-refractivity contribution in [2.24, 2.45) is 5.92 Å². The molecule has 21 heavy (non-hydrogen) atoms. The Bertz CT molecular complexity index is 430. The maximum absolute atomic E-state index is 3.79. The summed E-state index contributed by atoms with van der Waals surface area (Å²) in [5.41, 5.74) is 1.49. The van der Waals surface area contributed by atoms with E-state index in [1.807, 2.05) is 0 Å². The average molecular weight is 286 g/mol. The van der Waals surface area contributed by atoms with Gasteiger partial charge in [0.25, 0.3) is 0 Å². The van der Waals surface area contributed by atoms with Gasteiger partial charge in [0.2, 0.25) is 0 Å². The maximum Gasteiger partial charge on any atom is 0.0476 e. The number of nitrogens with one attached hydrogen (secondary N) is 1. The van der Waals surface area contributed by atoms with Crippen LogP contribution in [0.15, 0.2) is 30.3 Å². The molecule has 1 aliphatic heterocycles. The Morgan fingerprint density at radius 1 is 1.10 bits per heavy atom. The number of hydrogen-bond donors (Lipinski definition) is 1. The van der Waals surface area contributed by atoms with E-state index in [9.17, 15) is 0 Å². The highest BCUT2D eigenvalue weighted by Crippen LogP contribution is 2.44. The van der Waals surface area contributed by atoms with Crippen molar-refractivity contribution in [1.82, 2.24) is 10.2 Å². The molecule has 3 rings (SSSR count). The van der Waals surface area contributed by atoms with Crippen molar-refractivity contribution in [2.75, 3.05) is 13.1 Å². The van der Waals surface area contributed by atoms with Gasteiger partial charge in [0.15, 0.2) is 0 Å². The molecule has 0 bridgehead atoms. The molecule has 2 fully saturated rings. The Hall–Kier alpha value is -0.860. The molecule has 2 heteroatoms. The number of hydrogen-bond acceptors (Lipinski definition) is 2. The largest absolute Gasteiger partial charge is 0.311 e. The highest BCUT2D eigenvalue weighted by Gasteiger charge is 2.45. The van der Waals surface area contributed by atoms with Gasteiger partial charge >= 0.3 is 0 Å². The molecule has 0 amide bonds. The topological polar surface area (TPSA) is 15.3 Å². The summed E-state index contributed by atoms with van der Waals surface area (Å²) in [4.78, 5) is 2.83. The molecule has 2 aliphatic rings. The Kier molecular flexibility index (Phi) is 4.97. The fourth-order valence-corrected chi connectivity index (χ4v) is 4.05. The molecule has 1 aromatic rings. The molecule has 0 radical (unpaired) electrons. The lowest BCUT2D eigenvalue weighted by Crippen LogP contribution is -2.53. The van der Waals surface area contributed by atoms with Crippen LogP contribution in [0.3, 0.4) is 0 Å². The number of nitrogens with zero attached hydrogens (tertiary/aromatic N) is 1. The predicted octanol–water partition coefficient (Wildman–Crippen LogP) is 3.99. The van der Waals surface area contributed by atoms with Crippen molar-refractivity contribution in [3.8, 4) is 0 Å². The standard InChI is InChI=1S/C19H30N2/c1-3-8-16-12-18(16)21-14-17(9-4-2)20-13-19(21)15-10-6-5-7-11-15/h5-7,10-11,16-20H,3-4,8-9,12-14H2,1-2H3. The van der Waals surface area contributed by atoms with Crippen molar-refractivity contribution in [2.45, 2.75) is 64.1 Å². The first-order valence-electron chi connectivity index (χ1n) is 8.87. The first-order chi connectivity index (χ1) is 10.3. The van der Waals surface area contributed by atoms with E-state index in [0.717, 1.165) is 18.5 Å². The Morgan fingerprint density at radius 2 is 1.86 bits per heavy atom. The molecule has 1 aliphatic carbocycles.